The number of hydrogen-bond donors (Lipinski definition) is 2. The molecule has 4 atom stereocenters. The lowest BCUT2D eigenvalue weighted by atomic mass is 9.83. The molecular weight excluding hydrogens is 479 g/mol. The van der Waals surface area contributed by atoms with Crippen molar-refractivity contribution in [1.29, 1.82) is 0 Å². The number of carbonyl (C=O) groups is 3. The van der Waals surface area contributed by atoms with Crippen molar-refractivity contribution in [3.05, 3.63) is 23.5 Å². The van der Waals surface area contributed by atoms with Crippen LogP contribution in [0.15, 0.2) is 12.1 Å². The summed E-state index contributed by atoms with van der Waals surface area (Å²) in [6.07, 6.45) is 5.03. The van der Waals surface area contributed by atoms with Gasteiger partial charge in [0.25, 0.3) is 5.91 Å². The summed E-state index contributed by atoms with van der Waals surface area (Å²) < 4.78 is 31.3. The van der Waals surface area contributed by atoms with Crippen molar-refractivity contribution in [2.75, 3.05) is 13.7 Å². The maximum atomic E-state index is 14.9. The van der Waals surface area contributed by atoms with Crippen molar-refractivity contribution in [3.63, 3.8) is 0 Å². The van der Waals surface area contributed by atoms with Gasteiger partial charge in [-0.25, -0.2) is 4.39 Å². The van der Waals surface area contributed by atoms with Crippen LogP contribution in [0.25, 0.3) is 0 Å². The monoisotopic (exact) mass is 518 g/mol. The molecule has 1 aromatic carbocycles. The van der Waals surface area contributed by atoms with Crippen LogP contribution in [0.2, 0.25) is 0 Å². The number of esters is 1. The van der Waals surface area contributed by atoms with E-state index in [0.717, 1.165) is 25.3 Å². The van der Waals surface area contributed by atoms with E-state index in [4.69, 9.17) is 14.2 Å². The van der Waals surface area contributed by atoms with Crippen LogP contribution in [0.3, 0.4) is 0 Å². The van der Waals surface area contributed by atoms with E-state index in [9.17, 15) is 18.8 Å². The summed E-state index contributed by atoms with van der Waals surface area (Å²) in [6, 6.07) is 2.30. The third-order valence-corrected chi connectivity index (χ3v) is 8.03. The molecule has 0 saturated heterocycles. The number of fused-ring (bicyclic) bond motifs is 2. The molecule has 3 aliphatic carbocycles. The van der Waals surface area contributed by atoms with Crippen LogP contribution < -0.4 is 20.1 Å². The highest BCUT2D eigenvalue weighted by molar-refractivity contribution is 5.98. The molecule has 3 aliphatic rings. The number of ether oxygens (including phenoxy) is 3. The van der Waals surface area contributed by atoms with Crippen molar-refractivity contribution in [3.8, 4) is 11.5 Å². The van der Waals surface area contributed by atoms with E-state index in [1.807, 2.05) is 13.8 Å². The molecule has 4 rings (SSSR count). The number of carbonyl (C=O) groups excluding carboxylic acids is 3. The number of benzene rings is 1. The molecular formula is C28H39FN2O6. The summed E-state index contributed by atoms with van der Waals surface area (Å²) in [7, 11) is 1.39. The summed E-state index contributed by atoms with van der Waals surface area (Å²) >= 11 is 0. The molecule has 3 fully saturated rings. The minimum absolute atomic E-state index is 0.0206. The fourth-order valence-corrected chi connectivity index (χ4v) is 6.31. The molecule has 0 unspecified atom stereocenters. The largest absolute Gasteiger partial charge is 0.496 e. The van der Waals surface area contributed by atoms with Crippen LogP contribution in [-0.4, -0.2) is 49.7 Å². The molecule has 0 aliphatic heterocycles. The topological polar surface area (TPSA) is 103 Å². The average Bonchev–Trinajstić information content (AvgIpc) is 3.47. The van der Waals surface area contributed by atoms with Gasteiger partial charge in [-0.15, -0.1) is 0 Å². The predicted molar refractivity (Wildman–Crippen MR) is 135 cm³/mol. The molecule has 0 radical (unpaired) electrons. The van der Waals surface area contributed by atoms with Gasteiger partial charge in [-0.05, 0) is 83.6 Å². The van der Waals surface area contributed by atoms with Crippen molar-refractivity contribution < 1.29 is 33.0 Å². The lowest BCUT2D eigenvalue weighted by Crippen LogP contribution is -2.50. The molecule has 204 valence electrons. The van der Waals surface area contributed by atoms with E-state index in [1.165, 1.54) is 13.2 Å². The average molecular weight is 519 g/mol. The quantitative estimate of drug-likeness (QED) is 0.479. The number of methoxy groups -OCH3 is 1. The Morgan fingerprint density at radius 3 is 2.38 bits per heavy atom. The summed E-state index contributed by atoms with van der Waals surface area (Å²) in [5.74, 6) is -1.10. The first kappa shape index (κ1) is 27.2. The summed E-state index contributed by atoms with van der Waals surface area (Å²) in [6.45, 7) is 5.98. The van der Waals surface area contributed by atoms with E-state index in [-0.39, 0.29) is 70.8 Å². The van der Waals surface area contributed by atoms with Gasteiger partial charge in [0.05, 0.1) is 37.2 Å². The molecule has 8 nitrogen and oxygen atoms in total. The number of hydrogen-bond acceptors (Lipinski definition) is 6. The van der Waals surface area contributed by atoms with Gasteiger partial charge in [-0.2, -0.15) is 0 Å². The van der Waals surface area contributed by atoms with Crippen LogP contribution in [0.1, 0.15) is 76.1 Å². The van der Waals surface area contributed by atoms with E-state index in [1.54, 1.807) is 6.92 Å². The lowest BCUT2D eigenvalue weighted by Gasteiger charge is -2.31. The molecule has 2 N–H and O–H groups in total. The highest BCUT2D eigenvalue weighted by atomic mass is 19.1. The lowest BCUT2D eigenvalue weighted by molar-refractivity contribution is -0.149. The van der Waals surface area contributed by atoms with Crippen LogP contribution in [0.5, 0.6) is 11.5 Å². The SMILES string of the molecule is CCOC(=O)C1CCC(Oc2cc(C(=O)N[C@@H]3[C@H]4CC[C@H](C4)[C@@H]3C(=O)NC(C)C)c(OC)cc2F)CC1. The fraction of sp³-hybridized carbons (Fsp3) is 0.679. The molecule has 3 saturated carbocycles. The van der Waals surface area contributed by atoms with Gasteiger partial charge in [-0.3, -0.25) is 14.4 Å². The van der Waals surface area contributed by atoms with Crippen molar-refractivity contribution in [1.82, 2.24) is 10.6 Å². The van der Waals surface area contributed by atoms with Gasteiger partial charge in [0.1, 0.15) is 5.75 Å². The zero-order valence-electron chi connectivity index (χ0n) is 22.2. The zero-order valence-corrected chi connectivity index (χ0v) is 22.2. The van der Waals surface area contributed by atoms with Crippen LogP contribution in [0.4, 0.5) is 4.39 Å². The Balaban J connectivity index is 1.46. The van der Waals surface area contributed by atoms with Gasteiger partial charge in [0.15, 0.2) is 11.6 Å². The smallest absolute Gasteiger partial charge is 0.308 e. The van der Waals surface area contributed by atoms with E-state index in [2.05, 4.69) is 10.6 Å². The highest BCUT2D eigenvalue weighted by Crippen LogP contribution is 2.49. The standard InChI is InChI=1S/C28H39FN2O6/c1-5-36-28(34)16-8-10-19(11-9-16)37-23-13-20(22(35-4)14-21(23)29)26(32)31-25-18-7-6-17(12-18)24(25)27(33)30-15(2)3/h13-19,24-25H,5-12H2,1-4H3,(H,30,33)(H,31,32)/t16?,17-,18+,19?,24+,25-/m1/s1. The normalized spacial score (nSPS) is 28.6. The van der Waals surface area contributed by atoms with Crippen LogP contribution in [-0.2, 0) is 14.3 Å². The maximum absolute atomic E-state index is 14.9. The van der Waals surface area contributed by atoms with Gasteiger partial charge in [-0.1, -0.05) is 0 Å². The number of halogens is 1. The first-order chi connectivity index (χ1) is 17.7. The fourth-order valence-electron chi connectivity index (χ4n) is 6.31. The predicted octanol–water partition coefficient (Wildman–Crippen LogP) is 4.00. The molecule has 0 heterocycles. The molecule has 2 amide bonds. The Morgan fingerprint density at radius 2 is 1.73 bits per heavy atom. The second kappa shape index (κ2) is 11.7. The second-order valence-electron chi connectivity index (χ2n) is 10.8. The molecule has 1 aromatic rings. The highest BCUT2D eigenvalue weighted by Gasteiger charge is 2.51. The number of amides is 2. The zero-order chi connectivity index (χ0) is 26.7. The first-order valence-corrected chi connectivity index (χ1v) is 13.5. The van der Waals surface area contributed by atoms with Gasteiger partial charge in [0, 0.05) is 18.2 Å². The van der Waals surface area contributed by atoms with Crippen molar-refractivity contribution in [2.45, 2.75) is 83.9 Å². The number of nitrogens with one attached hydrogen (secondary N) is 2. The van der Waals surface area contributed by atoms with Crippen molar-refractivity contribution in [2.24, 2.45) is 23.7 Å². The Bertz CT molecular complexity index is 1010. The number of rotatable bonds is 9. The Morgan fingerprint density at radius 1 is 1.03 bits per heavy atom. The minimum atomic E-state index is -0.616. The summed E-state index contributed by atoms with van der Waals surface area (Å²) in [5.41, 5.74) is 0.171. The maximum Gasteiger partial charge on any atom is 0.308 e. The van der Waals surface area contributed by atoms with Gasteiger partial charge >= 0.3 is 5.97 Å². The Labute approximate surface area is 218 Å². The van der Waals surface area contributed by atoms with E-state index in [0.29, 0.717) is 32.3 Å². The Hall–Kier alpha value is -2.84. The van der Waals surface area contributed by atoms with E-state index < -0.39 is 11.7 Å². The second-order valence-corrected chi connectivity index (χ2v) is 10.8. The van der Waals surface area contributed by atoms with E-state index >= 15 is 0 Å². The molecule has 2 bridgehead atoms. The third kappa shape index (κ3) is 6.02. The van der Waals surface area contributed by atoms with Crippen LogP contribution >= 0.6 is 0 Å². The van der Waals surface area contributed by atoms with Crippen molar-refractivity contribution >= 4 is 17.8 Å². The minimum Gasteiger partial charge on any atom is -0.496 e. The summed E-state index contributed by atoms with van der Waals surface area (Å²) in [5, 5.41) is 6.08. The molecule has 9 heteroatoms. The van der Waals surface area contributed by atoms with Crippen LogP contribution in [0, 0.1) is 29.5 Å². The first-order valence-electron chi connectivity index (χ1n) is 13.5. The van der Waals surface area contributed by atoms with Gasteiger partial charge < -0.3 is 24.8 Å². The molecule has 0 spiro atoms. The Kier molecular flexibility index (Phi) is 8.60. The van der Waals surface area contributed by atoms with Gasteiger partial charge in [0.2, 0.25) is 5.91 Å². The molecule has 0 aromatic heterocycles. The molecule has 37 heavy (non-hydrogen) atoms. The third-order valence-electron chi connectivity index (χ3n) is 8.03. The summed E-state index contributed by atoms with van der Waals surface area (Å²) in [4.78, 5) is 38.4.